The van der Waals surface area contributed by atoms with Gasteiger partial charge in [-0.15, -0.1) is 0 Å². The number of rotatable bonds is 5. The van der Waals surface area contributed by atoms with E-state index in [1.807, 2.05) is 6.92 Å². The van der Waals surface area contributed by atoms with Crippen LogP contribution in [0.5, 0.6) is 5.75 Å². The Labute approximate surface area is 134 Å². The molecule has 2 rings (SSSR count). The standard InChI is InChI=1S/C18H17NO4/c1-12-3-5-13(6-4-12)16(20)11-17(21)18(22)19-14-7-9-15(23-2)10-8-14/h3-11,20H,1-2H3,(H,19,22)/b16-11-. The van der Waals surface area contributed by atoms with E-state index in [1.54, 1.807) is 48.5 Å². The molecule has 0 saturated heterocycles. The Balaban J connectivity index is 2.05. The van der Waals surface area contributed by atoms with E-state index < -0.39 is 11.7 Å². The van der Waals surface area contributed by atoms with Crippen LogP contribution in [-0.4, -0.2) is 23.9 Å². The molecule has 0 aromatic heterocycles. The number of anilines is 1. The number of ether oxygens (including phenoxy) is 1. The molecule has 0 aliphatic heterocycles. The zero-order chi connectivity index (χ0) is 16.8. The molecule has 0 atom stereocenters. The highest BCUT2D eigenvalue weighted by atomic mass is 16.5. The number of methoxy groups -OCH3 is 1. The molecular formula is C18H17NO4. The van der Waals surface area contributed by atoms with Crippen LogP contribution >= 0.6 is 0 Å². The minimum absolute atomic E-state index is 0.250. The molecule has 0 unspecified atom stereocenters. The average Bonchev–Trinajstić information content (AvgIpc) is 2.56. The van der Waals surface area contributed by atoms with E-state index in [2.05, 4.69) is 5.32 Å². The summed E-state index contributed by atoms with van der Waals surface area (Å²) in [6, 6.07) is 13.5. The average molecular weight is 311 g/mol. The predicted octanol–water partition coefficient (Wildman–Crippen LogP) is 3.11. The van der Waals surface area contributed by atoms with Crippen LogP contribution in [-0.2, 0) is 9.59 Å². The molecule has 0 radical (unpaired) electrons. The Morgan fingerprint density at radius 1 is 1.04 bits per heavy atom. The van der Waals surface area contributed by atoms with Gasteiger partial charge in [0, 0.05) is 17.3 Å². The van der Waals surface area contributed by atoms with Gasteiger partial charge in [-0.2, -0.15) is 0 Å². The van der Waals surface area contributed by atoms with Gasteiger partial charge in [-0.3, -0.25) is 9.59 Å². The lowest BCUT2D eigenvalue weighted by atomic mass is 10.1. The molecular weight excluding hydrogens is 294 g/mol. The summed E-state index contributed by atoms with van der Waals surface area (Å²) in [7, 11) is 1.54. The van der Waals surface area contributed by atoms with E-state index in [0.29, 0.717) is 17.0 Å². The second kappa shape index (κ2) is 7.26. The van der Waals surface area contributed by atoms with Crippen molar-refractivity contribution in [3.05, 3.63) is 65.7 Å². The largest absolute Gasteiger partial charge is 0.507 e. The van der Waals surface area contributed by atoms with Crippen LogP contribution in [0.4, 0.5) is 5.69 Å². The first kappa shape index (κ1) is 16.3. The van der Waals surface area contributed by atoms with Crippen LogP contribution in [0.25, 0.3) is 5.76 Å². The normalized spacial score (nSPS) is 11.0. The fraction of sp³-hybridized carbons (Fsp3) is 0.111. The first-order valence-corrected chi connectivity index (χ1v) is 6.96. The molecule has 2 aromatic rings. The summed E-state index contributed by atoms with van der Waals surface area (Å²) in [5.74, 6) is -1.26. The summed E-state index contributed by atoms with van der Waals surface area (Å²) in [4.78, 5) is 23.7. The Morgan fingerprint density at radius 3 is 2.22 bits per heavy atom. The highest BCUT2D eigenvalue weighted by Crippen LogP contribution is 2.15. The van der Waals surface area contributed by atoms with Gasteiger partial charge in [0.05, 0.1) is 7.11 Å². The van der Waals surface area contributed by atoms with Crippen molar-refractivity contribution in [2.45, 2.75) is 6.92 Å². The van der Waals surface area contributed by atoms with Gasteiger partial charge in [0.2, 0.25) is 5.78 Å². The lowest BCUT2D eigenvalue weighted by Crippen LogP contribution is -2.21. The molecule has 2 aromatic carbocycles. The molecule has 0 spiro atoms. The molecule has 0 bridgehead atoms. The van der Waals surface area contributed by atoms with Crippen molar-refractivity contribution in [3.63, 3.8) is 0 Å². The van der Waals surface area contributed by atoms with Gasteiger partial charge in [0.1, 0.15) is 11.5 Å². The number of carbonyl (C=O) groups excluding carboxylic acids is 2. The fourth-order valence-corrected chi connectivity index (χ4v) is 1.86. The first-order chi connectivity index (χ1) is 11.0. The van der Waals surface area contributed by atoms with Crippen LogP contribution in [0.2, 0.25) is 0 Å². The van der Waals surface area contributed by atoms with Gasteiger partial charge in [-0.1, -0.05) is 29.8 Å². The molecule has 0 fully saturated rings. The number of carbonyl (C=O) groups is 2. The highest BCUT2D eigenvalue weighted by Gasteiger charge is 2.13. The third kappa shape index (κ3) is 4.44. The van der Waals surface area contributed by atoms with Gasteiger partial charge in [0.15, 0.2) is 0 Å². The maximum atomic E-state index is 11.8. The molecule has 118 valence electrons. The fourth-order valence-electron chi connectivity index (χ4n) is 1.86. The van der Waals surface area contributed by atoms with E-state index in [9.17, 15) is 14.7 Å². The van der Waals surface area contributed by atoms with Crippen molar-refractivity contribution in [1.82, 2.24) is 0 Å². The van der Waals surface area contributed by atoms with Gasteiger partial charge in [0.25, 0.3) is 5.91 Å². The van der Waals surface area contributed by atoms with E-state index in [4.69, 9.17) is 4.74 Å². The third-order valence-electron chi connectivity index (χ3n) is 3.19. The molecule has 0 aliphatic rings. The quantitative estimate of drug-likeness (QED) is 0.505. The third-order valence-corrected chi connectivity index (χ3v) is 3.19. The lowest BCUT2D eigenvalue weighted by Gasteiger charge is -2.05. The van der Waals surface area contributed by atoms with E-state index in [1.165, 1.54) is 7.11 Å². The number of hydrogen-bond acceptors (Lipinski definition) is 4. The van der Waals surface area contributed by atoms with Gasteiger partial charge < -0.3 is 15.2 Å². The second-order valence-electron chi connectivity index (χ2n) is 4.94. The Bertz CT molecular complexity index is 731. The minimum atomic E-state index is -0.834. The second-order valence-corrected chi connectivity index (χ2v) is 4.94. The molecule has 2 N–H and O–H groups in total. The molecule has 1 amide bonds. The van der Waals surface area contributed by atoms with Crippen molar-refractivity contribution in [3.8, 4) is 5.75 Å². The number of nitrogens with one attached hydrogen (secondary N) is 1. The number of aliphatic hydroxyl groups is 1. The summed E-state index contributed by atoms with van der Waals surface area (Å²) < 4.78 is 5.01. The maximum Gasteiger partial charge on any atom is 0.296 e. The predicted molar refractivity (Wildman–Crippen MR) is 88.4 cm³/mol. The Morgan fingerprint density at radius 2 is 1.65 bits per heavy atom. The SMILES string of the molecule is COc1ccc(NC(=O)C(=O)/C=C(\O)c2ccc(C)cc2)cc1. The van der Waals surface area contributed by atoms with Crippen molar-refractivity contribution in [2.24, 2.45) is 0 Å². The van der Waals surface area contributed by atoms with Crippen LogP contribution in [0.15, 0.2) is 54.6 Å². The summed E-state index contributed by atoms with van der Waals surface area (Å²) in [6.45, 7) is 1.91. The zero-order valence-electron chi connectivity index (χ0n) is 12.9. The van der Waals surface area contributed by atoms with Crippen LogP contribution in [0, 0.1) is 6.92 Å². The molecule has 0 saturated carbocycles. The molecule has 23 heavy (non-hydrogen) atoms. The summed E-state index contributed by atoms with van der Waals surface area (Å²) >= 11 is 0. The number of aryl methyl sites for hydroxylation is 1. The lowest BCUT2D eigenvalue weighted by molar-refractivity contribution is -0.131. The smallest absolute Gasteiger partial charge is 0.296 e. The van der Waals surface area contributed by atoms with Gasteiger partial charge in [-0.25, -0.2) is 0 Å². The zero-order valence-corrected chi connectivity index (χ0v) is 12.9. The van der Waals surface area contributed by atoms with Crippen LogP contribution < -0.4 is 10.1 Å². The number of amides is 1. The first-order valence-electron chi connectivity index (χ1n) is 6.96. The number of benzene rings is 2. The minimum Gasteiger partial charge on any atom is -0.507 e. The summed E-state index contributed by atoms with van der Waals surface area (Å²) in [5, 5.41) is 12.4. The van der Waals surface area contributed by atoms with Gasteiger partial charge >= 0.3 is 0 Å². The number of ketones is 1. The topological polar surface area (TPSA) is 75.6 Å². The van der Waals surface area contributed by atoms with E-state index in [-0.39, 0.29) is 5.76 Å². The van der Waals surface area contributed by atoms with Crippen LogP contribution in [0.3, 0.4) is 0 Å². The Hall–Kier alpha value is -3.08. The van der Waals surface area contributed by atoms with Crippen LogP contribution in [0.1, 0.15) is 11.1 Å². The molecule has 0 heterocycles. The van der Waals surface area contributed by atoms with Crippen molar-refractivity contribution >= 4 is 23.1 Å². The molecule has 0 aliphatic carbocycles. The molecule has 5 nitrogen and oxygen atoms in total. The maximum absolute atomic E-state index is 11.8. The van der Waals surface area contributed by atoms with E-state index >= 15 is 0 Å². The summed E-state index contributed by atoms with van der Waals surface area (Å²) in [5.41, 5.74) is 1.97. The highest BCUT2D eigenvalue weighted by molar-refractivity contribution is 6.45. The van der Waals surface area contributed by atoms with E-state index in [0.717, 1.165) is 11.6 Å². The molecule has 5 heteroatoms. The number of hydrogen-bond donors (Lipinski definition) is 2. The Kier molecular flexibility index (Phi) is 5.15. The number of aliphatic hydroxyl groups excluding tert-OH is 1. The van der Waals surface area contributed by atoms with Crippen molar-refractivity contribution in [2.75, 3.05) is 12.4 Å². The van der Waals surface area contributed by atoms with Gasteiger partial charge in [-0.05, 0) is 31.2 Å². The monoisotopic (exact) mass is 311 g/mol. The summed E-state index contributed by atoms with van der Waals surface area (Å²) in [6.07, 6.45) is 0.906. The van der Waals surface area contributed by atoms with Crippen molar-refractivity contribution < 1.29 is 19.4 Å². The van der Waals surface area contributed by atoms with Crippen molar-refractivity contribution in [1.29, 1.82) is 0 Å².